The van der Waals surface area contributed by atoms with Crippen molar-refractivity contribution in [3.05, 3.63) is 0 Å². The number of nitrogens with one attached hydrogen (secondary N) is 1. The fourth-order valence-corrected chi connectivity index (χ4v) is 3.98. The lowest BCUT2D eigenvalue weighted by Gasteiger charge is -2.28. The summed E-state index contributed by atoms with van der Waals surface area (Å²) in [6.07, 6.45) is 10.7. The molecule has 2 aliphatic carbocycles. The van der Waals surface area contributed by atoms with Crippen molar-refractivity contribution >= 4 is 0 Å². The zero-order valence-corrected chi connectivity index (χ0v) is 11.3. The van der Waals surface area contributed by atoms with Crippen LogP contribution in [0.25, 0.3) is 0 Å². The molecule has 100 valence electrons. The van der Waals surface area contributed by atoms with Gasteiger partial charge in [-0.05, 0) is 63.3 Å². The summed E-state index contributed by atoms with van der Waals surface area (Å²) in [6, 6.07) is 0.725. The molecule has 2 saturated carbocycles. The maximum atomic E-state index is 8.70. The lowest BCUT2D eigenvalue weighted by molar-refractivity contribution is 0.258. The highest BCUT2D eigenvalue weighted by Crippen LogP contribution is 2.49. The molecule has 0 amide bonds. The molecule has 0 heterocycles. The maximum Gasteiger partial charge on any atom is 0.0431 e. The zero-order chi connectivity index (χ0) is 12.1. The third-order valence-corrected chi connectivity index (χ3v) is 4.99. The molecule has 0 radical (unpaired) electrons. The van der Waals surface area contributed by atoms with Gasteiger partial charge in [-0.1, -0.05) is 19.3 Å². The van der Waals surface area contributed by atoms with E-state index >= 15 is 0 Å². The van der Waals surface area contributed by atoms with Crippen molar-refractivity contribution in [3.8, 4) is 0 Å². The van der Waals surface area contributed by atoms with Gasteiger partial charge in [-0.2, -0.15) is 0 Å². The SMILES string of the molecule is CC(NCCCCCCO)C1CC2CCC1C2. The van der Waals surface area contributed by atoms with E-state index in [1.807, 2.05) is 0 Å². The smallest absolute Gasteiger partial charge is 0.0431 e. The largest absolute Gasteiger partial charge is 0.396 e. The minimum absolute atomic E-state index is 0.356. The van der Waals surface area contributed by atoms with E-state index in [4.69, 9.17) is 5.11 Å². The van der Waals surface area contributed by atoms with Crippen LogP contribution in [0.15, 0.2) is 0 Å². The van der Waals surface area contributed by atoms with Gasteiger partial charge in [0.25, 0.3) is 0 Å². The number of unbranched alkanes of at least 4 members (excludes halogenated alkanes) is 3. The maximum absolute atomic E-state index is 8.70. The second-order valence-electron chi connectivity index (χ2n) is 6.22. The van der Waals surface area contributed by atoms with Gasteiger partial charge in [0.1, 0.15) is 0 Å². The third kappa shape index (κ3) is 3.69. The van der Waals surface area contributed by atoms with E-state index < -0.39 is 0 Å². The number of aliphatic hydroxyl groups is 1. The van der Waals surface area contributed by atoms with E-state index in [-0.39, 0.29) is 0 Å². The normalized spacial score (nSPS) is 33.2. The lowest BCUT2D eigenvalue weighted by Crippen LogP contribution is -2.36. The van der Waals surface area contributed by atoms with Crippen LogP contribution in [0.2, 0.25) is 0 Å². The van der Waals surface area contributed by atoms with Crippen molar-refractivity contribution in [2.45, 2.75) is 64.3 Å². The molecule has 0 aromatic rings. The highest BCUT2D eigenvalue weighted by molar-refractivity contribution is 4.93. The number of rotatable bonds is 8. The van der Waals surface area contributed by atoms with Crippen molar-refractivity contribution in [3.63, 3.8) is 0 Å². The monoisotopic (exact) mass is 239 g/mol. The van der Waals surface area contributed by atoms with E-state index in [9.17, 15) is 0 Å². The van der Waals surface area contributed by atoms with Crippen molar-refractivity contribution in [2.24, 2.45) is 17.8 Å². The molecule has 4 atom stereocenters. The quantitative estimate of drug-likeness (QED) is 0.638. The Labute approximate surface area is 106 Å². The molecule has 0 aromatic heterocycles. The van der Waals surface area contributed by atoms with Gasteiger partial charge in [-0.25, -0.2) is 0 Å². The Bertz CT molecular complexity index is 219. The Hall–Kier alpha value is -0.0800. The van der Waals surface area contributed by atoms with E-state index in [0.29, 0.717) is 6.61 Å². The van der Waals surface area contributed by atoms with Crippen molar-refractivity contribution < 1.29 is 5.11 Å². The molecular formula is C15H29NO. The molecule has 0 aliphatic heterocycles. The average molecular weight is 239 g/mol. The molecule has 2 nitrogen and oxygen atoms in total. The summed E-state index contributed by atoms with van der Waals surface area (Å²) in [5, 5.41) is 12.4. The van der Waals surface area contributed by atoms with Crippen molar-refractivity contribution in [1.82, 2.24) is 5.32 Å². The Morgan fingerprint density at radius 2 is 1.94 bits per heavy atom. The van der Waals surface area contributed by atoms with Gasteiger partial charge in [0, 0.05) is 12.6 Å². The molecule has 2 fully saturated rings. The zero-order valence-electron chi connectivity index (χ0n) is 11.3. The van der Waals surface area contributed by atoms with Crippen molar-refractivity contribution in [1.29, 1.82) is 0 Å². The molecule has 17 heavy (non-hydrogen) atoms. The summed E-state index contributed by atoms with van der Waals surface area (Å²) in [6.45, 7) is 3.91. The lowest BCUT2D eigenvalue weighted by atomic mass is 9.84. The minimum atomic E-state index is 0.356. The fraction of sp³-hybridized carbons (Fsp3) is 1.00. The Morgan fingerprint density at radius 1 is 1.12 bits per heavy atom. The van der Waals surface area contributed by atoms with Gasteiger partial charge < -0.3 is 10.4 Å². The van der Waals surface area contributed by atoms with Crippen LogP contribution >= 0.6 is 0 Å². The van der Waals surface area contributed by atoms with E-state index in [1.54, 1.807) is 0 Å². The predicted molar refractivity (Wildman–Crippen MR) is 72.0 cm³/mol. The number of hydrogen-bond acceptors (Lipinski definition) is 2. The molecular weight excluding hydrogens is 210 g/mol. The van der Waals surface area contributed by atoms with Crippen LogP contribution in [-0.4, -0.2) is 24.3 Å². The second-order valence-corrected chi connectivity index (χ2v) is 6.22. The molecule has 2 heteroatoms. The summed E-state index contributed by atoms with van der Waals surface area (Å²) in [5.41, 5.74) is 0. The van der Waals surface area contributed by atoms with E-state index in [0.717, 1.165) is 30.2 Å². The first-order valence-corrected chi connectivity index (χ1v) is 7.65. The van der Waals surface area contributed by atoms with E-state index in [2.05, 4.69) is 12.2 Å². The van der Waals surface area contributed by atoms with Gasteiger partial charge in [-0.3, -0.25) is 0 Å². The number of aliphatic hydroxyl groups excluding tert-OH is 1. The van der Waals surface area contributed by atoms with Crippen LogP contribution in [0.3, 0.4) is 0 Å². The summed E-state index contributed by atoms with van der Waals surface area (Å²) in [4.78, 5) is 0. The van der Waals surface area contributed by atoms with Gasteiger partial charge in [-0.15, -0.1) is 0 Å². The molecule has 0 spiro atoms. The van der Waals surface area contributed by atoms with Gasteiger partial charge >= 0.3 is 0 Å². The minimum Gasteiger partial charge on any atom is -0.396 e. The van der Waals surface area contributed by atoms with Gasteiger partial charge in [0.05, 0.1) is 0 Å². The van der Waals surface area contributed by atoms with Crippen LogP contribution in [0, 0.1) is 17.8 Å². The molecule has 2 bridgehead atoms. The van der Waals surface area contributed by atoms with Crippen LogP contribution in [-0.2, 0) is 0 Å². The first kappa shape index (κ1) is 13.4. The van der Waals surface area contributed by atoms with E-state index in [1.165, 1.54) is 51.5 Å². The number of fused-ring (bicyclic) bond motifs is 2. The van der Waals surface area contributed by atoms with Crippen LogP contribution in [0.4, 0.5) is 0 Å². The van der Waals surface area contributed by atoms with Crippen LogP contribution in [0.1, 0.15) is 58.3 Å². The molecule has 0 saturated heterocycles. The summed E-state index contributed by atoms with van der Waals surface area (Å²) < 4.78 is 0. The first-order chi connectivity index (χ1) is 8.31. The highest BCUT2D eigenvalue weighted by atomic mass is 16.2. The topological polar surface area (TPSA) is 32.3 Å². The van der Waals surface area contributed by atoms with Crippen LogP contribution < -0.4 is 5.32 Å². The summed E-state index contributed by atoms with van der Waals surface area (Å²) >= 11 is 0. The Kier molecular flexibility index (Phi) is 5.30. The molecule has 4 unspecified atom stereocenters. The highest BCUT2D eigenvalue weighted by Gasteiger charge is 2.41. The molecule has 2 N–H and O–H groups in total. The fourth-order valence-electron chi connectivity index (χ4n) is 3.98. The first-order valence-electron chi connectivity index (χ1n) is 7.65. The molecule has 0 aromatic carbocycles. The Balaban J connectivity index is 1.54. The second kappa shape index (κ2) is 6.75. The van der Waals surface area contributed by atoms with Gasteiger partial charge in [0.15, 0.2) is 0 Å². The average Bonchev–Trinajstić information content (AvgIpc) is 2.95. The summed E-state index contributed by atoms with van der Waals surface area (Å²) in [7, 11) is 0. The standard InChI is InChI=1S/C15H29NO/c1-12(16-8-4-2-3-5-9-17)15-11-13-6-7-14(15)10-13/h12-17H,2-11H2,1H3. The van der Waals surface area contributed by atoms with Crippen molar-refractivity contribution in [2.75, 3.05) is 13.2 Å². The van der Waals surface area contributed by atoms with Gasteiger partial charge in [0.2, 0.25) is 0 Å². The predicted octanol–water partition coefficient (Wildman–Crippen LogP) is 2.95. The molecule has 2 rings (SSSR count). The molecule has 2 aliphatic rings. The third-order valence-electron chi connectivity index (χ3n) is 4.99. The number of hydrogen-bond donors (Lipinski definition) is 2. The Morgan fingerprint density at radius 3 is 2.59 bits per heavy atom. The van der Waals surface area contributed by atoms with Crippen LogP contribution in [0.5, 0.6) is 0 Å². The summed E-state index contributed by atoms with van der Waals surface area (Å²) in [5.74, 6) is 3.07.